The average Bonchev–Trinajstić information content (AvgIpc) is 2.25. The first kappa shape index (κ1) is 20.0. The zero-order valence-electron chi connectivity index (χ0n) is 11.7. The van der Waals surface area contributed by atoms with Gasteiger partial charge in [0.15, 0.2) is 6.29 Å². The van der Waals surface area contributed by atoms with Gasteiger partial charge in [-0.3, -0.25) is 0 Å². The molecule has 0 amide bonds. The zero-order valence-corrected chi connectivity index (χ0v) is 13.3. The summed E-state index contributed by atoms with van der Waals surface area (Å²) in [6.45, 7) is 3.71. The van der Waals surface area contributed by atoms with Gasteiger partial charge in [-0.1, -0.05) is 0 Å². The lowest BCUT2D eigenvalue weighted by Crippen LogP contribution is -2.51. The van der Waals surface area contributed by atoms with Crippen molar-refractivity contribution in [2.75, 3.05) is 19.0 Å². The lowest BCUT2D eigenvalue weighted by molar-refractivity contribution is -0.273. The van der Waals surface area contributed by atoms with Crippen molar-refractivity contribution in [2.24, 2.45) is 0 Å². The number of aliphatic hydroxyl groups excluding tert-OH is 1. The van der Waals surface area contributed by atoms with Crippen molar-refractivity contribution in [1.29, 1.82) is 0 Å². The predicted molar refractivity (Wildman–Crippen MR) is 71.5 cm³/mol. The monoisotopic (exact) mass is 338 g/mol. The van der Waals surface area contributed by atoms with Crippen LogP contribution in [0.5, 0.6) is 0 Å². The Kier molecular flexibility index (Phi) is 7.83. The highest BCUT2D eigenvalue weighted by Crippen LogP contribution is 2.39. The van der Waals surface area contributed by atoms with Crippen LogP contribution in [-0.4, -0.2) is 50.3 Å². The second-order valence-corrected chi connectivity index (χ2v) is 7.44. The minimum Gasteiger partial charge on any atom is -0.396 e. The lowest BCUT2D eigenvalue weighted by Gasteiger charge is -2.38. The van der Waals surface area contributed by atoms with Crippen molar-refractivity contribution in [3.63, 3.8) is 0 Å². The molecule has 0 aromatic heterocycles. The Balaban J connectivity index is 5.11. The molecule has 20 heavy (non-hydrogen) atoms. The summed E-state index contributed by atoms with van der Waals surface area (Å²) in [7, 11) is 1.13. The molecule has 5 nitrogen and oxygen atoms in total. The number of halogens is 3. The number of alkyl halides is 2. The molecule has 0 aromatic rings. The van der Waals surface area contributed by atoms with Crippen LogP contribution in [0.4, 0.5) is 8.78 Å². The molecular weight excluding hydrogens is 318 g/mol. The maximum atomic E-state index is 14.1. The van der Waals surface area contributed by atoms with Gasteiger partial charge in [-0.15, -0.1) is 0 Å². The molecule has 0 saturated heterocycles. The largest absolute Gasteiger partial charge is 0.396 e. The van der Waals surface area contributed by atoms with Gasteiger partial charge < -0.3 is 14.6 Å². The Morgan fingerprint density at radius 2 is 1.90 bits per heavy atom. The van der Waals surface area contributed by atoms with Gasteiger partial charge in [0.05, 0.1) is 5.75 Å². The van der Waals surface area contributed by atoms with E-state index in [0.717, 1.165) is 6.92 Å². The SMILES string of the molecule is CCOC(C)OC(C)(CCS(=O)(=O)Cl)C(F)(F)CCO. The van der Waals surface area contributed by atoms with E-state index >= 15 is 0 Å². The number of hydrogen-bond donors (Lipinski definition) is 1. The van der Waals surface area contributed by atoms with Crippen LogP contribution >= 0.6 is 10.7 Å². The van der Waals surface area contributed by atoms with E-state index in [4.69, 9.17) is 25.3 Å². The van der Waals surface area contributed by atoms with Crippen LogP contribution < -0.4 is 0 Å². The topological polar surface area (TPSA) is 72.8 Å². The summed E-state index contributed by atoms with van der Waals surface area (Å²) in [6, 6.07) is 0. The van der Waals surface area contributed by atoms with Crippen LogP contribution in [0.15, 0.2) is 0 Å². The molecule has 0 aliphatic rings. The molecule has 0 rings (SSSR count). The third kappa shape index (κ3) is 6.62. The molecule has 2 unspecified atom stereocenters. The predicted octanol–water partition coefficient (Wildman–Crippen LogP) is 2.12. The summed E-state index contributed by atoms with van der Waals surface area (Å²) < 4.78 is 60.3. The third-order valence-electron chi connectivity index (χ3n) is 2.85. The van der Waals surface area contributed by atoms with Crippen LogP contribution in [-0.2, 0) is 18.5 Å². The zero-order chi connectivity index (χ0) is 16.0. The van der Waals surface area contributed by atoms with Crippen molar-refractivity contribution in [3.8, 4) is 0 Å². The minimum absolute atomic E-state index is 0.261. The lowest BCUT2D eigenvalue weighted by atomic mass is 9.92. The maximum Gasteiger partial charge on any atom is 0.278 e. The molecule has 2 atom stereocenters. The molecular formula is C11H21ClF2O5S. The van der Waals surface area contributed by atoms with Crippen molar-refractivity contribution in [2.45, 2.75) is 51.4 Å². The highest BCUT2D eigenvalue weighted by molar-refractivity contribution is 8.13. The fraction of sp³-hybridized carbons (Fsp3) is 1.00. The summed E-state index contributed by atoms with van der Waals surface area (Å²) in [4.78, 5) is 0. The van der Waals surface area contributed by atoms with Crippen LogP contribution in [0.2, 0.25) is 0 Å². The van der Waals surface area contributed by atoms with E-state index in [1.807, 2.05) is 0 Å². The second kappa shape index (κ2) is 7.84. The van der Waals surface area contributed by atoms with Gasteiger partial charge >= 0.3 is 0 Å². The normalized spacial score (nSPS) is 17.8. The average molecular weight is 339 g/mol. The molecule has 0 aliphatic carbocycles. The third-order valence-corrected chi connectivity index (χ3v) is 4.00. The highest BCUT2D eigenvalue weighted by Gasteiger charge is 2.51. The Hall–Kier alpha value is -0.0200. The van der Waals surface area contributed by atoms with Crippen molar-refractivity contribution in [3.05, 3.63) is 0 Å². The smallest absolute Gasteiger partial charge is 0.278 e. The Morgan fingerprint density at radius 1 is 1.35 bits per heavy atom. The fourth-order valence-electron chi connectivity index (χ4n) is 1.68. The van der Waals surface area contributed by atoms with E-state index in [-0.39, 0.29) is 6.61 Å². The number of aliphatic hydroxyl groups is 1. The van der Waals surface area contributed by atoms with Gasteiger partial charge in [-0.2, -0.15) is 0 Å². The van der Waals surface area contributed by atoms with Gasteiger partial charge in [0.25, 0.3) is 5.92 Å². The molecule has 9 heteroatoms. The quantitative estimate of drug-likeness (QED) is 0.488. The molecule has 0 spiro atoms. The summed E-state index contributed by atoms with van der Waals surface area (Å²) in [5.74, 6) is -4.08. The minimum atomic E-state index is -3.93. The summed E-state index contributed by atoms with van der Waals surface area (Å²) in [5.41, 5.74) is -2.10. The first-order chi connectivity index (χ1) is 8.97. The van der Waals surface area contributed by atoms with Crippen molar-refractivity contribution < 1.29 is 31.8 Å². The van der Waals surface area contributed by atoms with E-state index in [9.17, 15) is 17.2 Å². The van der Waals surface area contributed by atoms with Crippen molar-refractivity contribution in [1.82, 2.24) is 0 Å². The highest BCUT2D eigenvalue weighted by atomic mass is 35.7. The van der Waals surface area contributed by atoms with Crippen LogP contribution in [0.3, 0.4) is 0 Å². The first-order valence-corrected chi connectivity index (χ1v) is 8.65. The van der Waals surface area contributed by atoms with Gasteiger partial charge in [0.1, 0.15) is 5.60 Å². The Bertz CT molecular complexity index is 390. The van der Waals surface area contributed by atoms with Crippen LogP contribution in [0, 0.1) is 0 Å². The van der Waals surface area contributed by atoms with Gasteiger partial charge in [-0.05, 0) is 27.2 Å². The van der Waals surface area contributed by atoms with Gasteiger partial charge in [-0.25, -0.2) is 17.2 Å². The molecule has 0 saturated carbocycles. The van der Waals surface area contributed by atoms with Crippen LogP contribution in [0.1, 0.15) is 33.6 Å². The maximum absolute atomic E-state index is 14.1. The molecule has 0 heterocycles. The van der Waals surface area contributed by atoms with Crippen LogP contribution in [0.25, 0.3) is 0 Å². The van der Waals surface area contributed by atoms with E-state index in [1.165, 1.54) is 6.92 Å². The standard InChI is InChI=1S/C11H21ClF2O5S/c1-4-18-9(2)19-10(3,6-8-20(12,16)17)11(13,14)5-7-15/h9,15H,4-8H2,1-3H3. The van der Waals surface area contributed by atoms with E-state index in [1.54, 1.807) is 6.92 Å². The fourth-order valence-corrected chi connectivity index (χ4v) is 2.55. The molecule has 1 N–H and O–H groups in total. The summed E-state index contributed by atoms with van der Waals surface area (Å²) in [6.07, 6.45) is -2.29. The number of hydrogen-bond acceptors (Lipinski definition) is 5. The molecule has 122 valence electrons. The van der Waals surface area contributed by atoms with Gasteiger partial charge in [0.2, 0.25) is 9.05 Å². The molecule has 0 bridgehead atoms. The Morgan fingerprint density at radius 3 is 2.30 bits per heavy atom. The van der Waals surface area contributed by atoms with Crippen molar-refractivity contribution >= 4 is 19.7 Å². The molecule has 0 aromatic carbocycles. The summed E-state index contributed by atoms with van der Waals surface area (Å²) in [5, 5.41) is 8.72. The van der Waals surface area contributed by atoms with E-state index in [0.29, 0.717) is 0 Å². The number of ether oxygens (including phenoxy) is 2. The first-order valence-electron chi connectivity index (χ1n) is 6.18. The summed E-state index contributed by atoms with van der Waals surface area (Å²) >= 11 is 0. The number of rotatable bonds is 10. The van der Waals surface area contributed by atoms with E-state index < -0.39 is 52.1 Å². The van der Waals surface area contributed by atoms with E-state index in [2.05, 4.69) is 0 Å². The Labute approximate surface area is 122 Å². The molecule has 0 aliphatic heterocycles. The second-order valence-electron chi connectivity index (χ2n) is 4.54. The molecule has 0 radical (unpaired) electrons. The van der Waals surface area contributed by atoms with Gasteiger partial charge in [0, 0.05) is 30.3 Å². The molecule has 0 fully saturated rings.